The molecule has 0 atom stereocenters. The zero-order valence-electron chi connectivity index (χ0n) is 24.5. The summed E-state index contributed by atoms with van der Waals surface area (Å²) in [4.78, 5) is 13.7. The summed E-state index contributed by atoms with van der Waals surface area (Å²) < 4.78 is 14.1. The van der Waals surface area contributed by atoms with Crippen molar-refractivity contribution < 1.29 is 14.6 Å². The molecule has 2 aromatic rings. The number of aromatic nitrogens is 1. The maximum absolute atomic E-state index is 13.7. The number of fused-ring (bicyclic) bond motifs is 1. The molecule has 38 heavy (non-hydrogen) atoms. The van der Waals surface area contributed by atoms with Crippen molar-refractivity contribution in [3.63, 3.8) is 0 Å². The van der Waals surface area contributed by atoms with E-state index in [1.807, 2.05) is 6.08 Å². The first kappa shape index (κ1) is 31.0. The summed E-state index contributed by atoms with van der Waals surface area (Å²) >= 11 is 0. The number of aromatic hydroxyl groups is 1. The van der Waals surface area contributed by atoms with Gasteiger partial charge in [-0.05, 0) is 97.9 Å². The van der Waals surface area contributed by atoms with E-state index in [4.69, 9.17) is 9.47 Å². The molecular formula is C33H47NO4. The largest absolute Gasteiger partial charge is 0.508 e. The van der Waals surface area contributed by atoms with E-state index < -0.39 is 0 Å². The lowest BCUT2D eigenvalue weighted by atomic mass is 10.1. The molecule has 1 aromatic heterocycles. The van der Waals surface area contributed by atoms with Gasteiger partial charge in [-0.3, -0.25) is 4.79 Å². The summed E-state index contributed by atoms with van der Waals surface area (Å²) in [6, 6.07) is 5.07. The Morgan fingerprint density at radius 2 is 1.39 bits per heavy atom. The molecular weight excluding hydrogens is 474 g/mol. The number of aryl methyl sites for hydroxylation is 1. The lowest BCUT2D eigenvalue weighted by molar-refractivity contribution is 0.303. The van der Waals surface area contributed by atoms with Crippen molar-refractivity contribution in [2.24, 2.45) is 0 Å². The normalized spacial score (nSPS) is 12.0. The van der Waals surface area contributed by atoms with Crippen LogP contribution in [0.3, 0.4) is 0 Å². The summed E-state index contributed by atoms with van der Waals surface area (Å²) in [6.45, 7) is 15.9. The van der Waals surface area contributed by atoms with E-state index >= 15 is 0 Å². The van der Waals surface area contributed by atoms with Crippen molar-refractivity contribution in [1.29, 1.82) is 0 Å². The Balaban J connectivity index is 2.41. The highest BCUT2D eigenvalue weighted by Gasteiger charge is 2.20. The van der Waals surface area contributed by atoms with E-state index in [1.165, 1.54) is 22.3 Å². The number of pyridine rings is 1. The van der Waals surface area contributed by atoms with Gasteiger partial charge in [-0.2, -0.15) is 0 Å². The smallest absolute Gasteiger partial charge is 0.297 e. The predicted molar refractivity (Wildman–Crippen MR) is 161 cm³/mol. The summed E-state index contributed by atoms with van der Waals surface area (Å²) in [5.41, 5.74) is 5.51. The Hall–Kier alpha value is -3.21. The third kappa shape index (κ3) is 9.92. The SMILES string of the molecule is CCCCn1c(=O)c(OC/C=C(\C)CCC=C(C)C)c(OC/C=C(\C)CCC=C(C)C)c2ccc(O)cc21. The maximum Gasteiger partial charge on any atom is 0.297 e. The molecule has 2 rings (SSSR count). The van der Waals surface area contributed by atoms with E-state index in [0.29, 0.717) is 31.0 Å². The van der Waals surface area contributed by atoms with Crippen molar-refractivity contribution in [3.8, 4) is 17.2 Å². The zero-order chi connectivity index (χ0) is 28.1. The third-order valence-corrected chi connectivity index (χ3v) is 6.40. The van der Waals surface area contributed by atoms with Crippen LogP contribution in [0.1, 0.15) is 87.0 Å². The van der Waals surface area contributed by atoms with Crippen LogP contribution < -0.4 is 15.0 Å². The van der Waals surface area contributed by atoms with Crippen molar-refractivity contribution in [2.45, 2.75) is 93.5 Å². The van der Waals surface area contributed by atoms with Crippen LogP contribution in [0.15, 0.2) is 69.6 Å². The first-order valence-electron chi connectivity index (χ1n) is 13.9. The molecule has 0 spiro atoms. The molecule has 208 valence electrons. The molecule has 0 aliphatic heterocycles. The van der Waals surface area contributed by atoms with Crippen molar-refractivity contribution in [1.82, 2.24) is 4.57 Å². The maximum atomic E-state index is 13.7. The van der Waals surface area contributed by atoms with E-state index in [9.17, 15) is 9.90 Å². The van der Waals surface area contributed by atoms with Gasteiger partial charge in [-0.15, -0.1) is 0 Å². The van der Waals surface area contributed by atoms with Gasteiger partial charge in [-0.25, -0.2) is 0 Å². The van der Waals surface area contributed by atoms with E-state index in [0.717, 1.165) is 43.9 Å². The molecule has 0 aliphatic carbocycles. The Morgan fingerprint density at radius 1 is 0.842 bits per heavy atom. The number of rotatable bonds is 15. The second kappa shape index (κ2) is 15.9. The first-order chi connectivity index (χ1) is 18.1. The zero-order valence-corrected chi connectivity index (χ0v) is 24.5. The predicted octanol–water partition coefficient (Wildman–Crippen LogP) is 8.65. The number of phenols is 1. The number of hydrogen-bond donors (Lipinski definition) is 1. The molecule has 1 heterocycles. The van der Waals surface area contributed by atoms with Crippen LogP contribution in [0.4, 0.5) is 0 Å². The highest BCUT2D eigenvalue weighted by atomic mass is 16.5. The topological polar surface area (TPSA) is 60.7 Å². The van der Waals surface area contributed by atoms with E-state index in [-0.39, 0.29) is 17.1 Å². The number of benzene rings is 1. The average molecular weight is 522 g/mol. The van der Waals surface area contributed by atoms with E-state index in [2.05, 4.69) is 66.7 Å². The molecule has 1 N–H and O–H groups in total. The number of unbranched alkanes of at least 4 members (excludes halogenated alkanes) is 1. The van der Waals surface area contributed by atoms with Crippen molar-refractivity contribution in [3.05, 3.63) is 75.1 Å². The average Bonchev–Trinajstić information content (AvgIpc) is 2.84. The van der Waals surface area contributed by atoms with Gasteiger partial charge in [0.15, 0.2) is 5.75 Å². The molecule has 0 saturated carbocycles. The van der Waals surface area contributed by atoms with Crippen LogP contribution in [0.2, 0.25) is 0 Å². The monoisotopic (exact) mass is 521 g/mol. The fraction of sp³-hybridized carbons (Fsp3) is 0.485. The standard InChI is InChI=1S/C33H47NO4/c1-8-9-20-34-30-23-28(35)16-17-29(30)31(37-21-18-26(6)14-10-12-24(2)3)32(33(34)36)38-22-19-27(7)15-11-13-25(4)5/h12-13,16-19,23,35H,8-11,14-15,20-22H2,1-7H3/b26-18+,27-19+. The number of ether oxygens (including phenoxy) is 2. The van der Waals surface area contributed by atoms with Gasteiger partial charge in [0.25, 0.3) is 5.56 Å². The lowest BCUT2D eigenvalue weighted by Crippen LogP contribution is -2.24. The van der Waals surface area contributed by atoms with Gasteiger partial charge in [-0.1, -0.05) is 47.8 Å². The second-order valence-corrected chi connectivity index (χ2v) is 10.5. The minimum atomic E-state index is -0.230. The summed E-state index contributed by atoms with van der Waals surface area (Å²) in [7, 11) is 0. The van der Waals surface area contributed by atoms with Gasteiger partial charge in [0.1, 0.15) is 19.0 Å². The molecule has 0 fully saturated rings. The van der Waals surface area contributed by atoms with Crippen LogP contribution in [0.5, 0.6) is 17.2 Å². The van der Waals surface area contributed by atoms with Crippen molar-refractivity contribution >= 4 is 10.9 Å². The Kier molecular flexibility index (Phi) is 13.0. The molecule has 0 radical (unpaired) electrons. The van der Waals surface area contributed by atoms with Gasteiger partial charge in [0, 0.05) is 18.0 Å². The number of allylic oxidation sites excluding steroid dienone is 6. The molecule has 5 heteroatoms. The summed E-state index contributed by atoms with van der Waals surface area (Å²) in [6.07, 6.45) is 14.2. The number of nitrogens with zero attached hydrogens (tertiary/aromatic N) is 1. The first-order valence-corrected chi connectivity index (χ1v) is 13.9. The van der Waals surface area contributed by atoms with Gasteiger partial charge in [0.2, 0.25) is 5.75 Å². The molecule has 1 aromatic carbocycles. The fourth-order valence-electron chi connectivity index (χ4n) is 4.11. The molecule has 0 unspecified atom stereocenters. The highest BCUT2D eigenvalue weighted by Crippen LogP contribution is 2.35. The second-order valence-electron chi connectivity index (χ2n) is 10.5. The van der Waals surface area contributed by atoms with E-state index in [1.54, 1.807) is 22.8 Å². The van der Waals surface area contributed by atoms with Crippen LogP contribution in [0, 0.1) is 0 Å². The van der Waals surface area contributed by atoms with Crippen LogP contribution >= 0.6 is 0 Å². The minimum absolute atomic E-state index is 0.117. The third-order valence-electron chi connectivity index (χ3n) is 6.40. The van der Waals surface area contributed by atoms with Crippen molar-refractivity contribution in [2.75, 3.05) is 13.2 Å². The quantitative estimate of drug-likeness (QED) is 0.238. The molecule has 0 aliphatic rings. The summed E-state index contributed by atoms with van der Waals surface area (Å²) in [5, 5.41) is 11.0. The number of phenolic OH excluding ortho intramolecular Hbond substituents is 1. The van der Waals surface area contributed by atoms with Gasteiger partial charge in [0.05, 0.1) is 5.52 Å². The van der Waals surface area contributed by atoms with Gasteiger partial charge < -0.3 is 19.1 Å². The Morgan fingerprint density at radius 3 is 1.92 bits per heavy atom. The molecule has 0 bridgehead atoms. The molecule has 0 amide bonds. The lowest BCUT2D eigenvalue weighted by Gasteiger charge is -2.18. The molecule has 0 saturated heterocycles. The van der Waals surface area contributed by atoms with Gasteiger partial charge >= 0.3 is 0 Å². The highest BCUT2D eigenvalue weighted by molar-refractivity contribution is 5.89. The van der Waals surface area contributed by atoms with Crippen LogP contribution in [-0.4, -0.2) is 22.9 Å². The number of hydrogen-bond acceptors (Lipinski definition) is 4. The Labute approximate surface area is 229 Å². The van der Waals surface area contributed by atoms with Crippen LogP contribution in [0.25, 0.3) is 10.9 Å². The van der Waals surface area contributed by atoms with Crippen LogP contribution in [-0.2, 0) is 6.54 Å². The minimum Gasteiger partial charge on any atom is -0.508 e. The Bertz CT molecular complexity index is 1240. The fourth-order valence-corrected chi connectivity index (χ4v) is 4.11. The summed E-state index contributed by atoms with van der Waals surface area (Å²) in [5.74, 6) is 0.775. The molecule has 5 nitrogen and oxygen atoms in total.